The minimum absolute atomic E-state index is 0. The van der Waals surface area contributed by atoms with E-state index >= 15 is 0 Å². The first-order valence-electron chi connectivity index (χ1n) is 3.72. The van der Waals surface area contributed by atoms with Gasteiger partial charge in [0.25, 0.3) is 0 Å². The van der Waals surface area contributed by atoms with Crippen molar-refractivity contribution in [1.29, 1.82) is 0 Å². The maximum atomic E-state index is 9.83. The molecule has 15 heavy (non-hydrogen) atoms. The topological polar surface area (TPSA) is 74.6 Å². The molecular weight excluding hydrogens is 221 g/mol. The van der Waals surface area contributed by atoms with Crippen molar-refractivity contribution in [1.82, 2.24) is 0 Å². The van der Waals surface area contributed by atoms with E-state index in [9.17, 15) is 9.59 Å². The van der Waals surface area contributed by atoms with Crippen molar-refractivity contribution in [3.05, 3.63) is 24.3 Å². The second-order valence-corrected chi connectivity index (χ2v) is 2.10. The van der Waals surface area contributed by atoms with E-state index in [0.717, 1.165) is 6.08 Å². The normalized spacial score (nSPS) is 7.60. The Morgan fingerprint density at radius 1 is 1.27 bits per heavy atom. The Kier molecular flexibility index (Phi) is 26.5. The highest BCUT2D eigenvalue weighted by atomic mass is 24.3. The molecule has 0 saturated carbocycles. The van der Waals surface area contributed by atoms with E-state index in [1.165, 1.54) is 6.08 Å². The number of aliphatic carboxylic acids is 2. The van der Waals surface area contributed by atoms with Gasteiger partial charge in [-0.25, -0.2) is 9.59 Å². The van der Waals surface area contributed by atoms with Crippen LogP contribution in [-0.4, -0.2) is 68.3 Å². The minimum atomic E-state index is -0.900. The highest BCUT2D eigenvalue weighted by Gasteiger charge is 1.96. The summed E-state index contributed by atoms with van der Waals surface area (Å²) in [5, 5.41) is 15.9. The predicted molar refractivity (Wildman–Crippen MR) is 66.6 cm³/mol. The molecule has 0 radical (unpaired) electrons. The van der Waals surface area contributed by atoms with E-state index in [-0.39, 0.29) is 51.7 Å². The van der Waals surface area contributed by atoms with Crippen molar-refractivity contribution in [3.8, 4) is 0 Å². The Morgan fingerprint density at radius 3 is 1.67 bits per heavy atom. The second kappa shape index (κ2) is 16.4. The lowest BCUT2D eigenvalue weighted by Crippen LogP contribution is -1.95. The molecule has 0 amide bonds. The number of hydrogen-bond donors (Lipinski definition) is 2. The molecule has 0 heterocycles. The molecule has 0 spiro atoms. The first-order chi connectivity index (χ1) is 5.95. The fourth-order valence-corrected chi connectivity index (χ4v) is 0.294. The molecule has 0 unspecified atom stereocenters. The smallest absolute Gasteiger partial charge is 0.330 e. The van der Waals surface area contributed by atoms with Crippen LogP contribution in [-0.2, 0) is 9.59 Å². The van der Waals surface area contributed by atoms with Gasteiger partial charge in [-0.2, -0.15) is 0 Å². The SMILES string of the molecule is C=C(CC)C(=O)O.CC=CC(=O)O.[MgH2].[MgH2]. The third-order valence-corrected chi connectivity index (χ3v) is 1.04. The summed E-state index contributed by atoms with van der Waals surface area (Å²) in [6.45, 7) is 6.69. The number of carbonyl (C=O) groups is 2. The van der Waals surface area contributed by atoms with E-state index in [0.29, 0.717) is 6.42 Å². The van der Waals surface area contributed by atoms with Gasteiger partial charge in [0.15, 0.2) is 0 Å². The van der Waals surface area contributed by atoms with Crippen LogP contribution in [0.1, 0.15) is 20.3 Å². The molecule has 0 bridgehead atoms. The Balaban J connectivity index is -0.0000000718. The van der Waals surface area contributed by atoms with Crippen LogP contribution in [0.5, 0.6) is 0 Å². The summed E-state index contributed by atoms with van der Waals surface area (Å²) >= 11 is 0. The standard InChI is InChI=1S/C5H8O2.C4H6O2.2Mg.4H/c1-3-4(2)5(6)7;1-2-3-4(5)6;;;;;;/h2-3H2,1H3,(H,6,7);2-3H,1H3,(H,5,6);;;;;;. The molecule has 0 aromatic carbocycles. The Bertz CT molecular complexity index is 224. The van der Waals surface area contributed by atoms with Gasteiger partial charge in [-0.15, -0.1) is 0 Å². The molecule has 0 aliphatic rings. The summed E-state index contributed by atoms with van der Waals surface area (Å²) < 4.78 is 0. The molecule has 0 aromatic rings. The van der Waals surface area contributed by atoms with Crippen molar-refractivity contribution in [2.75, 3.05) is 0 Å². The van der Waals surface area contributed by atoms with Gasteiger partial charge < -0.3 is 10.2 Å². The van der Waals surface area contributed by atoms with Crippen LogP contribution in [0, 0.1) is 0 Å². The van der Waals surface area contributed by atoms with Gasteiger partial charge in [-0.3, -0.25) is 0 Å². The van der Waals surface area contributed by atoms with Crippen molar-refractivity contribution in [3.63, 3.8) is 0 Å². The average Bonchev–Trinajstić information content (AvgIpc) is 2.03. The molecule has 0 fully saturated rings. The van der Waals surface area contributed by atoms with Crippen LogP contribution < -0.4 is 0 Å². The van der Waals surface area contributed by atoms with Gasteiger partial charge in [0.05, 0.1) is 0 Å². The van der Waals surface area contributed by atoms with E-state index < -0.39 is 11.9 Å². The fourth-order valence-electron chi connectivity index (χ4n) is 0.294. The molecule has 4 nitrogen and oxygen atoms in total. The van der Waals surface area contributed by atoms with Crippen molar-refractivity contribution in [2.24, 2.45) is 0 Å². The molecule has 2 N–H and O–H groups in total. The zero-order chi connectivity index (χ0) is 10.9. The van der Waals surface area contributed by atoms with Gasteiger partial charge in [-0.1, -0.05) is 19.6 Å². The maximum absolute atomic E-state index is 9.83. The van der Waals surface area contributed by atoms with Gasteiger partial charge in [0.1, 0.15) is 0 Å². The van der Waals surface area contributed by atoms with Crippen LogP contribution >= 0.6 is 0 Å². The first kappa shape index (κ1) is 24.3. The average molecular weight is 239 g/mol. The van der Waals surface area contributed by atoms with Gasteiger partial charge in [-0.05, 0) is 13.3 Å². The number of carboxylic acids is 2. The number of carboxylic acid groups (broad SMARTS) is 2. The van der Waals surface area contributed by atoms with Gasteiger partial charge in [0.2, 0.25) is 0 Å². The molecule has 0 aliphatic heterocycles. The highest BCUT2D eigenvalue weighted by Crippen LogP contribution is 1.93. The number of rotatable bonds is 3. The van der Waals surface area contributed by atoms with Crippen LogP contribution in [0.15, 0.2) is 24.3 Å². The largest absolute Gasteiger partial charge is 0.478 e. The Morgan fingerprint density at radius 2 is 1.67 bits per heavy atom. The van der Waals surface area contributed by atoms with Crippen LogP contribution in [0.2, 0.25) is 0 Å². The summed E-state index contributed by atoms with van der Waals surface area (Å²) in [5.74, 6) is -1.79. The van der Waals surface area contributed by atoms with Gasteiger partial charge >= 0.3 is 58.0 Å². The van der Waals surface area contributed by atoms with E-state index in [1.54, 1.807) is 13.8 Å². The molecule has 82 valence electrons. The molecule has 6 heteroatoms. The highest BCUT2D eigenvalue weighted by molar-refractivity contribution is 5.85. The maximum Gasteiger partial charge on any atom is 0.330 e. The van der Waals surface area contributed by atoms with E-state index in [4.69, 9.17) is 10.2 Å². The van der Waals surface area contributed by atoms with Gasteiger partial charge in [0, 0.05) is 11.6 Å². The molecule has 0 aromatic heterocycles. The molecule has 0 aliphatic carbocycles. The Hall–Kier alpha value is -0.0475. The summed E-state index contributed by atoms with van der Waals surface area (Å²) in [7, 11) is 0. The zero-order valence-electron chi connectivity index (χ0n) is 7.78. The van der Waals surface area contributed by atoms with Crippen molar-refractivity contribution in [2.45, 2.75) is 20.3 Å². The zero-order valence-corrected chi connectivity index (χ0v) is 7.78. The summed E-state index contributed by atoms with van der Waals surface area (Å²) in [6.07, 6.45) is 3.08. The fraction of sp³-hybridized carbons (Fsp3) is 0.333. The lowest BCUT2D eigenvalue weighted by molar-refractivity contribution is -0.133. The molecular formula is C9H18Mg2O4. The van der Waals surface area contributed by atoms with Crippen LogP contribution in [0.3, 0.4) is 0 Å². The molecule has 0 rings (SSSR count). The van der Waals surface area contributed by atoms with Crippen molar-refractivity contribution >= 4 is 58.0 Å². The molecule has 0 saturated heterocycles. The second-order valence-electron chi connectivity index (χ2n) is 2.10. The summed E-state index contributed by atoms with van der Waals surface area (Å²) in [6, 6.07) is 0. The van der Waals surface area contributed by atoms with E-state index in [1.807, 2.05) is 0 Å². The summed E-state index contributed by atoms with van der Waals surface area (Å²) in [5.41, 5.74) is 0.264. The predicted octanol–water partition coefficient (Wildman–Crippen LogP) is -0.148. The number of hydrogen-bond acceptors (Lipinski definition) is 2. The number of allylic oxidation sites excluding steroid dienone is 1. The first-order valence-corrected chi connectivity index (χ1v) is 3.72. The minimum Gasteiger partial charge on any atom is -0.478 e. The monoisotopic (exact) mass is 238 g/mol. The Labute approximate surface area is 122 Å². The quantitative estimate of drug-likeness (QED) is 0.530. The lowest BCUT2D eigenvalue weighted by Gasteiger charge is -1.87. The third kappa shape index (κ3) is 24.9. The van der Waals surface area contributed by atoms with E-state index in [2.05, 4.69) is 6.58 Å². The van der Waals surface area contributed by atoms with Crippen LogP contribution in [0.25, 0.3) is 0 Å². The molecule has 0 atom stereocenters. The summed E-state index contributed by atoms with van der Waals surface area (Å²) in [4.78, 5) is 19.3. The van der Waals surface area contributed by atoms with Crippen LogP contribution in [0.4, 0.5) is 0 Å². The lowest BCUT2D eigenvalue weighted by atomic mass is 10.2. The third-order valence-electron chi connectivity index (χ3n) is 1.04. The van der Waals surface area contributed by atoms with Crippen molar-refractivity contribution < 1.29 is 19.8 Å².